The van der Waals surface area contributed by atoms with Crippen LogP contribution in [0.5, 0.6) is 0 Å². The molecule has 0 fully saturated rings. The maximum atomic E-state index is 10.9. The van der Waals surface area contributed by atoms with E-state index in [0.29, 0.717) is 6.54 Å². The van der Waals surface area contributed by atoms with E-state index in [-0.39, 0.29) is 5.56 Å². The van der Waals surface area contributed by atoms with Crippen molar-refractivity contribution in [2.45, 2.75) is 19.6 Å². The Hall–Kier alpha value is -1.16. The van der Waals surface area contributed by atoms with Crippen molar-refractivity contribution in [2.24, 2.45) is 0 Å². The average molecular weight is 154 g/mol. The molecule has 0 bridgehead atoms. The van der Waals surface area contributed by atoms with Crippen LogP contribution in [0.1, 0.15) is 6.92 Å². The number of nitrogens with zero attached hydrogens (tertiary/aromatic N) is 2. The van der Waals surface area contributed by atoms with Gasteiger partial charge in [0.1, 0.15) is 0 Å². The second-order valence-electron chi connectivity index (χ2n) is 2.42. The van der Waals surface area contributed by atoms with Gasteiger partial charge >= 0.3 is 0 Å². The fourth-order valence-corrected chi connectivity index (χ4v) is 0.809. The third kappa shape index (κ3) is 2.16. The van der Waals surface area contributed by atoms with Crippen LogP contribution < -0.4 is 5.56 Å². The van der Waals surface area contributed by atoms with Crippen molar-refractivity contribution in [1.29, 1.82) is 0 Å². The van der Waals surface area contributed by atoms with Gasteiger partial charge in [-0.1, -0.05) is 0 Å². The second-order valence-corrected chi connectivity index (χ2v) is 2.42. The van der Waals surface area contributed by atoms with Gasteiger partial charge in [0.05, 0.1) is 18.8 Å². The summed E-state index contributed by atoms with van der Waals surface area (Å²) in [6.07, 6.45) is 3.79. The van der Waals surface area contributed by atoms with Crippen molar-refractivity contribution in [3.05, 3.63) is 28.9 Å². The first-order valence-corrected chi connectivity index (χ1v) is 3.38. The summed E-state index contributed by atoms with van der Waals surface area (Å²) in [7, 11) is 0. The molecule has 4 nitrogen and oxygen atoms in total. The van der Waals surface area contributed by atoms with Gasteiger partial charge in [-0.15, -0.1) is 0 Å². The molecule has 11 heavy (non-hydrogen) atoms. The van der Waals surface area contributed by atoms with Gasteiger partial charge in [0.15, 0.2) is 0 Å². The molecule has 1 rings (SSSR count). The monoisotopic (exact) mass is 154 g/mol. The number of rotatable bonds is 2. The van der Waals surface area contributed by atoms with Gasteiger partial charge in [0.2, 0.25) is 0 Å². The molecule has 0 aliphatic heterocycles. The molecule has 1 heterocycles. The molecule has 0 aromatic carbocycles. The zero-order valence-corrected chi connectivity index (χ0v) is 6.27. The molecular formula is C7H10N2O2. The van der Waals surface area contributed by atoms with E-state index in [9.17, 15) is 4.79 Å². The van der Waals surface area contributed by atoms with Crippen LogP contribution in [0.15, 0.2) is 23.4 Å². The predicted octanol–water partition coefficient (Wildman–Crippen LogP) is -0.376. The van der Waals surface area contributed by atoms with Crippen LogP contribution in [0, 0.1) is 0 Å². The van der Waals surface area contributed by atoms with Crippen molar-refractivity contribution in [3.63, 3.8) is 0 Å². The van der Waals surface area contributed by atoms with Crippen LogP contribution >= 0.6 is 0 Å². The summed E-state index contributed by atoms with van der Waals surface area (Å²) in [5, 5.41) is 8.95. The number of hydrogen-bond acceptors (Lipinski definition) is 3. The van der Waals surface area contributed by atoms with Crippen molar-refractivity contribution < 1.29 is 5.11 Å². The molecule has 0 spiro atoms. The van der Waals surface area contributed by atoms with Crippen molar-refractivity contribution in [2.75, 3.05) is 0 Å². The molecule has 1 N–H and O–H groups in total. The fourth-order valence-electron chi connectivity index (χ4n) is 0.809. The second kappa shape index (κ2) is 3.30. The highest BCUT2D eigenvalue weighted by atomic mass is 16.3. The highest BCUT2D eigenvalue weighted by Gasteiger charge is 1.97. The van der Waals surface area contributed by atoms with Crippen molar-refractivity contribution >= 4 is 0 Å². The maximum absolute atomic E-state index is 10.9. The third-order valence-electron chi connectivity index (χ3n) is 1.26. The predicted molar refractivity (Wildman–Crippen MR) is 40.2 cm³/mol. The number of aliphatic hydroxyl groups is 1. The molecule has 0 saturated carbocycles. The van der Waals surface area contributed by atoms with E-state index >= 15 is 0 Å². The van der Waals surface area contributed by atoms with Gasteiger partial charge in [-0.3, -0.25) is 9.78 Å². The van der Waals surface area contributed by atoms with E-state index in [1.54, 1.807) is 13.1 Å². The quantitative estimate of drug-likeness (QED) is 0.632. The van der Waals surface area contributed by atoms with Crippen LogP contribution in [0.2, 0.25) is 0 Å². The first kappa shape index (κ1) is 7.94. The molecule has 0 amide bonds. The Kier molecular flexibility index (Phi) is 2.38. The van der Waals surface area contributed by atoms with E-state index in [1.165, 1.54) is 17.0 Å². The van der Waals surface area contributed by atoms with Crippen molar-refractivity contribution in [3.8, 4) is 0 Å². The summed E-state index contributed by atoms with van der Waals surface area (Å²) in [6, 6.07) is 0. The number of hydrogen-bond donors (Lipinski definition) is 1. The molecule has 1 aromatic heterocycles. The van der Waals surface area contributed by atoms with E-state index in [0.717, 1.165) is 0 Å². The summed E-state index contributed by atoms with van der Waals surface area (Å²) in [5.74, 6) is 0. The normalized spacial score (nSPS) is 12.9. The maximum Gasteiger partial charge on any atom is 0.269 e. The SMILES string of the molecule is C[C@H](O)Cn1ccncc1=O. The lowest BCUT2D eigenvalue weighted by atomic mass is 10.4. The highest BCUT2D eigenvalue weighted by molar-refractivity contribution is 4.80. The zero-order chi connectivity index (χ0) is 8.27. The van der Waals surface area contributed by atoms with Crippen LogP contribution in [0.25, 0.3) is 0 Å². The molecule has 0 saturated heterocycles. The molecule has 60 valence electrons. The standard InChI is InChI=1S/C7H10N2O2/c1-6(10)5-9-3-2-8-4-7(9)11/h2-4,6,10H,5H2,1H3/t6-/m0/s1. The van der Waals surface area contributed by atoms with E-state index in [2.05, 4.69) is 4.98 Å². The smallest absolute Gasteiger partial charge is 0.269 e. The molecule has 0 radical (unpaired) electrons. The first-order chi connectivity index (χ1) is 5.20. The first-order valence-electron chi connectivity index (χ1n) is 3.38. The lowest BCUT2D eigenvalue weighted by Gasteiger charge is -2.05. The van der Waals surface area contributed by atoms with Crippen molar-refractivity contribution in [1.82, 2.24) is 9.55 Å². The van der Waals surface area contributed by atoms with Gasteiger partial charge in [0.25, 0.3) is 5.56 Å². The summed E-state index contributed by atoms with van der Waals surface area (Å²) < 4.78 is 1.41. The summed E-state index contributed by atoms with van der Waals surface area (Å²) in [5.41, 5.74) is -0.187. The Morgan fingerprint density at radius 2 is 2.55 bits per heavy atom. The average Bonchev–Trinajstić information content (AvgIpc) is 1.93. The molecular weight excluding hydrogens is 144 g/mol. The molecule has 0 unspecified atom stereocenters. The Morgan fingerprint density at radius 1 is 1.82 bits per heavy atom. The largest absolute Gasteiger partial charge is 0.392 e. The van der Waals surface area contributed by atoms with Gasteiger partial charge < -0.3 is 9.67 Å². The van der Waals surface area contributed by atoms with E-state index in [1.807, 2.05) is 0 Å². The van der Waals surface area contributed by atoms with Gasteiger partial charge in [-0.25, -0.2) is 0 Å². The Labute approximate surface area is 64.1 Å². The zero-order valence-electron chi connectivity index (χ0n) is 6.27. The van der Waals surface area contributed by atoms with E-state index in [4.69, 9.17) is 5.11 Å². The van der Waals surface area contributed by atoms with E-state index < -0.39 is 6.10 Å². The lowest BCUT2D eigenvalue weighted by Crippen LogP contribution is -2.24. The van der Waals surface area contributed by atoms with Crippen LogP contribution in [0.3, 0.4) is 0 Å². The minimum absolute atomic E-state index is 0.187. The fraction of sp³-hybridized carbons (Fsp3) is 0.429. The third-order valence-corrected chi connectivity index (χ3v) is 1.26. The Morgan fingerprint density at radius 3 is 3.09 bits per heavy atom. The van der Waals surface area contributed by atoms with Gasteiger partial charge in [-0.05, 0) is 6.92 Å². The molecule has 0 aliphatic rings. The number of aromatic nitrogens is 2. The minimum Gasteiger partial charge on any atom is -0.392 e. The highest BCUT2D eigenvalue weighted by Crippen LogP contribution is 1.84. The Balaban J connectivity index is 2.87. The summed E-state index contributed by atoms with van der Waals surface area (Å²) in [6.45, 7) is 1.95. The van der Waals surface area contributed by atoms with Gasteiger partial charge in [-0.2, -0.15) is 0 Å². The lowest BCUT2D eigenvalue weighted by molar-refractivity contribution is 0.172. The minimum atomic E-state index is -0.505. The Bertz CT molecular complexity index is 280. The van der Waals surface area contributed by atoms with Crippen LogP contribution in [-0.4, -0.2) is 20.8 Å². The summed E-state index contributed by atoms with van der Waals surface area (Å²) in [4.78, 5) is 14.6. The molecule has 0 aliphatic carbocycles. The number of aliphatic hydroxyl groups excluding tert-OH is 1. The molecule has 4 heteroatoms. The molecule has 1 atom stereocenters. The topological polar surface area (TPSA) is 55.1 Å². The van der Waals surface area contributed by atoms with Crippen LogP contribution in [-0.2, 0) is 6.54 Å². The van der Waals surface area contributed by atoms with Gasteiger partial charge in [0, 0.05) is 12.4 Å². The molecule has 1 aromatic rings. The van der Waals surface area contributed by atoms with Crippen LogP contribution in [0.4, 0.5) is 0 Å². The summed E-state index contributed by atoms with van der Waals surface area (Å²) >= 11 is 0.